The molecule has 0 heterocycles. The number of phosphoric ester groups is 1. The summed E-state index contributed by atoms with van der Waals surface area (Å²) in [5, 5.41) is 13.8. The van der Waals surface area contributed by atoms with Crippen molar-refractivity contribution in [2.75, 3.05) is 40.9 Å². The smallest absolute Gasteiger partial charge is 0.268 e. The van der Waals surface area contributed by atoms with E-state index >= 15 is 0 Å². The maximum atomic E-state index is 12.9. The zero-order chi connectivity index (χ0) is 47.1. The number of likely N-dealkylation sites (N-methyl/N-ethyl adjacent to an activating group) is 1. The first-order valence-corrected chi connectivity index (χ1v) is 28.5. The summed E-state index contributed by atoms with van der Waals surface area (Å²) in [6.45, 7) is 4.59. The molecule has 3 atom stereocenters. The standard InChI is InChI=1S/C55H105N2O6P/c1-6-8-10-12-14-16-18-20-21-22-23-24-25-26-27-28-29-30-31-32-33-34-35-37-39-41-43-45-47-49-55(59)56-53(52-63-64(60,61)62-51-50-57(3,4)5)54(58)48-46-44-42-40-38-36-19-17-15-13-11-9-7-2/h15,17,22-23,38,40,46,48,53-54,58H,6-14,16,18-21,24-37,39,41-45,47,49-52H2,1-5H3,(H-,56,59,60,61)/b17-15+,23-22-,40-38+,48-46+. The van der Waals surface area contributed by atoms with Crippen molar-refractivity contribution in [1.82, 2.24) is 5.32 Å². The van der Waals surface area contributed by atoms with E-state index in [1.165, 1.54) is 173 Å². The number of aliphatic hydroxyl groups is 1. The topological polar surface area (TPSA) is 108 Å². The van der Waals surface area contributed by atoms with Crippen LogP contribution in [0.2, 0.25) is 0 Å². The predicted molar refractivity (Wildman–Crippen MR) is 274 cm³/mol. The minimum absolute atomic E-state index is 0.00898. The Kier molecular flexibility index (Phi) is 45.4. The van der Waals surface area contributed by atoms with Gasteiger partial charge in [0.1, 0.15) is 13.2 Å². The zero-order valence-corrected chi connectivity index (χ0v) is 43.6. The van der Waals surface area contributed by atoms with Gasteiger partial charge in [0.25, 0.3) is 7.82 Å². The molecule has 0 saturated heterocycles. The molecule has 0 aliphatic rings. The molecule has 0 radical (unpaired) electrons. The number of hydrogen-bond donors (Lipinski definition) is 2. The first kappa shape index (κ1) is 62.5. The van der Waals surface area contributed by atoms with E-state index in [1.54, 1.807) is 6.08 Å². The van der Waals surface area contributed by atoms with E-state index in [4.69, 9.17) is 9.05 Å². The third-order valence-corrected chi connectivity index (χ3v) is 13.0. The van der Waals surface area contributed by atoms with E-state index in [2.05, 4.69) is 55.6 Å². The molecule has 8 nitrogen and oxygen atoms in total. The normalized spacial score (nSPS) is 14.4. The van der Waals surface area contributed by atoms with Crippen molar-refractivity contribution < 1.29 is 32.9 Å². The highest BCUT2D eigenvalue weighted by molar-refractivity contribution is 7.45. The van der Waals surface area contributed by atoms with Crippen molar-refractivity contribution >= 4 is 13.7 Å². The first-order valence-electron chi connectivity index (χ1n) is 27.0. The van der Waals surface area contributed by atoms with Gasteiger partial charge in [-0.25, -0.2) is 0 Å². The predicted octanol–water partition coefficient (Wildman–Crippen LogP) is 15.3. The van der Waals surface area contributed by atoms with Gasteiger partial charge in [0.2, 0.25) is 5.91 Å². The number of nitrogens with one attached hydrogen (secondary N) is 1. The average molecular weight is 921 g/mol. The van der Waals surface area contributed by atoms with Gasteiger partial charge in [0.05, 0.1) is 39.9 Å². The van der Waals surface area contributed by atoms with E-state index in [9.17, 15) is 19.4 Å². The van der Waals surface area contributed by atoms with Crippen LogP contribution in [0.3, 0.4) is 0 Å². The number of nitrogens with zero attached hydrogens (tertiary/aromatic N) is 1. The quantitative estimate of drug-likeness (QED) is 0.0272. The van der Waals surface area contributed by atoms with Crippen molar-refractivity contribution in [1.29, 1.82) is 0 Å². The van der Waals surface area contributed by atoms with Gasteiger partial charge in [-0.05, 0) is 70.6 Å². The van der Waals surface area contributed by atoms with Crippen LogP contribution in [0.5, 0.6) is 0 Å². The van der Waals surface area contributed by atoms with E-state index in [0.29, 0.717) is 17.4 Å². The fourth-order valence-electron chi connectivity index (χ4n) is 7.71. The second-order valence-corrected chi connectivity index (χ2v) is 21.0. The second-order valence-electron chi connectivity index (χ2n) is 19.6. The third-order valence-electron chi connectivity index (χ3n) is 12.0. The molecule has 0 aliphatic carbocycles. The van der Waals surface area contributed by atoms with Gasteiger partial charge in [0.15, 0.2) is 0 Å². The molecule has 0 aromatic rings. The number of amides is 1. The van der Waals surface area contributed by atoms with Gasteiger partial charge in [0, 0.05) is 6.42 Å². The summed E-state index contributed by atoms with van der Waals surface area (Å²) in [6.07, 6.45) is 60.5. The third kappa shape index (κ3) is 48.4. The molecule has 0 spiro atoms. The second kappa shape index (κ2) is 46.6. The van der Waals surface area contributed by atoms with Crippen LogP contribution in [0.1, 0.15) is 245 Å². The van der Waals surface area contributed by atoms with Gasteiger partial charge >= 0.3 is 0 Å². The Bertz CT molecular complexity index is 1180. The Morgan fingerprint density at radius 3 is 1.30 bits per heavy atom. The van der Waals surface area contributed by atoms with Gasteiger partial charge in [-0.1, -0.05) is 217 Å². The summed E-state index contributed by atoms with van der Waals surface area (Å²) in [5.74, 6) is -0.210. The summed E-state index contributed by atoms with van der Waals surface area (Å²) in [6, 6.07) is -0.908. The Labute approximate surface area is 397 Å². The number of carbonyl (C=O) groups excluding carboxylic acids is 1. The number of unbranched alkanes of at least 4 members (excludes halogenated alkanes) is 30. The summed E-state index contributed by atoms with van der Waals surface area (Å²) in [4.78, 5) is 25.4. The molecule has 9 heteroatoms. The maximum Gasteiger partial charge on any atom is 0.268 e. The number of carbonyl (C=O) groups is 1. The van der Waals surface area contributed by atoms with Gasteiger partial charge in [-0.3, -0.25) is 9.36 Å². The van der Waals surface area contributed by atoms with E-state index < -0.39 is 26.6 Å². The lowest BCUT2D eigenvalue weighted by molar-refractivity contribution is -0.870. The van der Waals surface area contributed by atoms with Crippen LogP contribution in [0.4, 0.5) is 0 Å². The molecule has 376 valence electrons. The van der Waals surface area contributed by atoms with Crippen LogP contribution >= 0.6 is 7.82 Å². The molecule has 0 saturated carbocycles. The molecular formula is C55H105N2O6P. The highest BCUT2D eigenvalue weighted by Gasteiger charge is 2.23. The minimum Gasteiger partial charge on any atom is -0.756 e. The van der Waals surface area contributed by atoms with E-state index in [0.717, 1.165) is 51.4 Å². The number of allylic oxidation sites excluding steroid dienone is 7. The Hall–Kier alpha value is -1.54. The largest absolute Gasteiger partial charge is 0.756 e. The van der Waals surface area contributed by atoms with Crippen LogP contribution in [-0.2, 0) is 18.4 Å². The Morgan fingerprint density at radius 1 is 0.531 bits per heavy atom. The first-order chi connectivity index (χ1) is 31.0. The molecular weight excluding hydrogens is 816 g/mol. The molecule has 0 aromatic heterocycles. The van der Waals surface area contributed by atoms with E-state index in [-0.39, 0.29) is 12.5 Å². The number of aliphatic hydroxyl groups excluding tert-OH is 1. The number of phosphoric acid groups is 1. The Balaban J connectivity index is 4.12. The van der Waals surface area contributed by atoms with Gasteiger partial charge < -0.3 is 28.8 Å². The number of hydrogen-bond acceptors (Lipinski definition) is 6. The van der Waals surface area contributed by atoms with E-state index in [1.807, 2.05) is 27.2 Å². The lowest BCUT2D eigenvalue weighted by Crippen LogP contribution is -2.45. The molecule has 64 heavy (non-hydrogen) atoms. The molecule has 0 bridgehead atoms. The molecule has 0 aromatic carbocycles. The van der Waals surface area contributed by atoms with Crippen molar-refractivity contribution in [3.05, 3.63) is 48.6 Å². The van der Waals surface area contributed by atoms with Crippen molar-refractivity contribution in [3.8, 4) is 0 Å². The van der Waals surface area contributed by atoms with Crippen LogP contribution < -0.4 is 10.2 Å². The zero-order valence-electron chi connectivity index (χ0n) is 42.7. The summed E-state index contributed by atoms with van der Waals surface area (Å²) < 4.78 is 23.2. The van der Waals surface area contributed by atoms with Crippen LogP contribution in [-0.4, -0.2) is 68.5 Å². The van der Waals surface area contributed by atoms with Crippen molar-refractivity contribution in [3.63, 3.8) is 0 Å². The molecule has 1 amide bonds. The summed E-state index contributed by atoms with van der Waals surface area (Å²) in [5.41, 5.74) is 0. The molecule has 0 aliphatic heterocycles. The van der Waals surface area contributed by atoms with Gasteiger partial charge in [-0.2, -0.15) is 0 Å². The van der Waals surface area contributed by atoms with Gasteiger partial charge in [-0.15, -0.1) is 0 Å². The number of quaternary nitrogens is 1. The Morgan fingerprint density at radius 2 is 0.875 bits per heavy atom. The average Bonchev–Trinajstić information content (AvgIpc) is 3.25. The van der Waals surface area contributed by atoms with Crippen molar-refractivity contribution in [2.24, 2.45) is 0 Å². The fraction of sp³-hybridized carbons (Fsp3) is 0.836. The molecule has 0 rings (SSSR count). The maximum absolute atomic E-state index is 12.9. The van der Waals surface area contributed by atoms with Crippen molar-refractivity contribution in [2.45, 2.75) is 257 Å². The lowest BCUT2D eigenvalue weighted by atomic mass is 10.0. The molecule has 3 unspecified atom stereocenters. The SMILES string of the molecule is CCCCC/C=C/CC/C=C/CC/C=C/C(O)C(COP(=O)([O-])OCC[N+](C)(C)C)NC(=O)CCCCCCCCCCCCCCCCCCC/C=C\CCCCCCCCCC. The molecule has 2 N–H and O–H groups in total. The highest BCUT2D eigenvalue weighted by atomic mass is 31.2. The lowest BCUT2D eigenvalue weighted by Gasteiger charge is -2.29. The highest BCUT2D eigenvalue weighted by Crippen LogP contribution is 2.38. The fourth-order valence-corrected chi connectivity index (χ4v) is 8.43. The summed E-state index contributed by atoms with van der Waals surface area (Å²) in [7, 11) is 1.24. The number of rotatable bonds is 49. The monoisotopic (exact) mass is 921 g/mol. The van der Waals surface area contributed by atoms with Crippen LogP contribution in [0.25, 0.3) is 0 Å². The molecule has 0 fully saturated rings. The van der Waals surface area contributed by atoms with Crippen LogP contribution in [0.15, 0.2) is 48.6 Å². The summed E-state index contributed by atoms with van der Waals surface area (Å²) >= 11 is 0. The minimum atomic E-state index is -4.60. The van der Waals surface area contributed by atoms with Crippen LogP contribution in [0, 0.1) is 0 Å².